The highest BCUT2D eigenvalue weighted by atomic mass is 35.5. The number of carbonyl (C=O) groups excluding carboxylic acids is 1. The summed E-state index contributed by atoms with van der Waals surface area (Å²) in [7, 11) is 0. The Kier molecular flexibility index (Phi) is 5.14. The second-order valence-electron chi connectivity index (χ2n) is 6.54. The summed E-state index contributed by atoms with van der Waals surface area (Å²) in [5.74, 6) is 0.0403. The Balaban J connectivity index is 1.66. The number of carbonyl (C=O) groups is 1. The largest absolute Gasteiger partial charge is 0.379 e. The van der Waals surface area contributed by atoms with Crippen LogP contribution in [-0.2, 0) is 11.3 Å². The van der Waals surface area contributed by atoms with Crippen LogP contribution in [0.25, 0.3) is 10.2 Å². The topological polar surface area (TPSA) is 34.5 Å². The monoisotopic (exact) mass is 388 g/mol. The highest BCUT2D eigenvalue weighted by Crippen LogP contribution is 2.32. The summed E-state index contributed by atoms with van der Waals surface area (Å²) < 4.78 is 7.71. The predicted molar refractivity (Wildman–Crippen MR) is 107 cm³/mol. The number of ether oxygens (including phenoxy) is 1. The van der Waals surface area contributed by atoms with Crippen molar-refractivity contribution in [2.24, 2.45) is 0 Å². The number of rotatable bonds is 5. The van der Waals surface area contributed by atoms with Gasteiger partial charge in [0.2, 0.25) is 0 Å². The van der Waals surface area contributed by atoms with Crippen molar-refractivity contribution in [2.45, 2.75) is 13.5 Å². The Morgan fingerprint density at radius 3 is 2.81 bits per heavy atom. The molecule has 0 saturated carbocycles. The van der Waals surface area contributed by atoms with Gasteiger partial charge in [-0.2, -0.15) is 0 Å². The molecule has 4 rings (SSSR count). The fourth-order valence-electron chi connectivity index (χ4n) is 3.58. The van der Waals surface area contributed by atoms with E-state index in [2.05, 4.69) is 20.9 Å². The van der Waals surface area contributed by atoms with Crippen LogP contribution in [0.4, 0.5) is 0 Å². The van der Waals surface area contributed by atoms with Crippen LogP contribution in [0.1, 0.15) is 21.6 Å². The molecule has 1 fully saturated rings. The Labute approximate surface area is 161 Å². The number of fused-ring (bicyclic) bond motifs is 1. The van der Waals surface area contributed by atoms with E-state index in [1.54, 1.807) is 23.5 Å². The maximum absolute atomic E-state index is 13.2. The SMILES string of the molecule is Cc1c(C(=O)c2cccc(Cl)c2)c2ccsc2n1CCN1CCOCC1. The Morgan fingerprint density at radius 2 is 2.04 bits per heavy atom. The van der Waals surface area contributed by atoms with Crippen molar-refractivity contribution in [1.29, 1.82) is 0 Å². The first-order valence-corrected chi connectivity index (χ1v) is 10.1. The van der Waals surface area contributed by atoms with Gasteiger partial charge < -0.3 is 9.30 Å². The van der Waals surface area contributed by atoms with Gasteiger partial charge >= 0.3 is 0 Å². The van der Waals surface area contributed by atoms with Gasteiger partial charge in [-0.15, -0.1) is 11.3 Å². The number of aromatic nitrogens is 1. The Hall–Kier alpha value is -1.66. The van der Waals surface area contributed by atoms with Crippen LogP contribution in [0.5, 0.6) is 0 Å². The maximum Gasteiger partial charge on any atom is 0.195 e. The smallest absolute Gasteiger partial charge is 0.195 e. The second-order valence-corrected chi connectivity index (χ2v) is 7.88. The van der Waals surface area contributed by atoms with Crippen molar-refractivity contribution in [3.05, 3.63) is 57.6 Å². The third-order valence-electron chi connectivity index (χ3n) is 4.98. The van der Waals surface area contributed by atoms with E-state index >= 15 is 0 Å². The molecule has 1 saturated heterocycles. The standard InChI is InChI=1S/C20H21ClN2O2S/c1-14-18(19(24)15-3-2-4-16(21)13-15)17-5-12-26-20(17)23(14)7-6-22-8-10-25-11-9-22/h2-5,12-13H,6-11H2,1H3. The van der Waals surface area contributed by atoms with E-state index in [1.807, 2.05) is 19.1 Å². The van der Waals surface area contributed by atoms with Gasteiger partial charge in [-0.25, -0.2) is 0 Å². The molecule has 1 aliphatic rings. The molecule has 0 spiro atoms. The molecular weight excluding hydrogens is 368 g/mol. The third-order valence-corrected chi connectivity index (χ3v) is 6.15. The van der Waals surface area contributed by atoms with Gasteiger partial charge in [-0.05, 0) is 30.5 Å². The highest BCUT2D eigenvalue weighted by molar-refractivity contribution is 7.16. The molecule has 0 atom stereocenters. The second kappa shape index (κ2) is 7.53. The maximum atomic E-state index is 13.2. The molecule has 0 amide bonds. The number of halogens is 1. The summed E-state index contributed by atoms with van der Waals surface area (Å²) >= 11 is 7.78. The Morgan fingerprint density at radius 1 is 1.23 bits per heavy atom. The van der Waals surface area contributed by atoms with Crippen molar-refractivity contribution < 1.29 is 9.53 Å². The fraction of sp³-hybridized carbons (Fsp3) is 0.350. The summed E-state index contributed by atoms with van der Waals surface area (Å²) in [4.78, 5) is 16.7. The van der Waals surface area contributed by atoms with E-state index in [-0.39, 0.29) is 5.78 Å². The lowest BCUT2D eigenvalue weighted by atomic mass is 10.0. The summed E-state index contributed by atoms with van der Waals surface area (Å²) in [6.45, 7) is 7.45. The lowest BCUT2D eigenvalue weighted by Gasteiger charge is -2.26. The van der Waals surface area contributed by atoms with Crippen molar-refractivity contribution >= 4 is 38.9 Å². The highest BCUT2D eigenvalue weighted by Gasteiger charge is 2.22. The molecular formula is C20H21ClN2O2S. The number of morpholine rings is 1. The number of thiophene rings is 1. The van der Waals surface area contributed by atoms with Gasteiger partial charge in [0.05, 0.1) is 18.8 Å². The van der Waals surface area contributed by atoms with Crippen molar-refractivity contribution in [2.75, 3.05) is 32.8 Å². The zero-order chi connectivity index (χ0) is 18.1. The minimum absolute atomic E-state index is 0.0403. The normalized spacial score (nSPS) is 15.6. The Bertz CT molecular complexity index is 941. The first kappa shape index (κ1) is 17.7. The minimum atomic E-state index is 0.0403. The molecule has 6 heteroatoms. The summed E-state index contributed by atoms with van der Waals surface area (Å²) in [6, 6.07) is 9.24. The molecule has 1 aliphatic heterocycles. The number of hydrogen-bond acceptors (Lipinski definition) is 4. The van der Waals surface area contributed by atoms with E-state index in [0.29, 0.717) is 10.6 Å². The molecule has 0 bridgehead atoms. The molecule has 0 N–H and O–H groups in total. The van der Waals surface area contributed by atoms with E-state index < -0.39 is 0 Å². The minimum Gasteiger partial charge on any atom is -0.379 e. The van der Waals surface area contributed by atoms with Crippen LogP contribution in [0.3, 0.4) is 0 Å². The fourth-order valence-corrected chi connectivity index (χ4v) is 4.75. The average molecular weight is 389 g/mol. The van der Waals surface area contributed by atoms with Crippen LogP contribution in [0, 0.1) is 6.92 Å². The average Bonchev–Trinajstić information content (AvgIpc) is 3.21. The van der Waals surface area contributed by atoms with Crippen LogP contribution in [0.2, 0.25) is 5.02 Å². The molecule has 2 aromatic heterocycles. The van der Waals surface area contributed by atoms with Gasteiger partial charge in [-0.3, -0.25) is 9.69 Å². The van der Waals surface area contributed by atoms with E-state index in [1.165, 1.54) is 4.83 Å². The van der Waals surface area contributed by atoms with Crippen LogP contribution >= 0.6 is 22.9 Å². The zero-order valence-corrected chi connectivity index (χ0v) is 16.3. The summed E-state index contributed by atoms with van der Waals surface area (Å²) in [5.41, 5.74) is 2.47. The molecule has 4 nitrogen and oxygen atoms in total. The van der Waals surface area contributed by atoms with Gasteiger partial charge in [0.1, 0.15) is 4.83 Å². The third kappa shape index (κ3) is 3.32. The first-order valence-electron chi connectivity index (χ1n) is 8.82. The van der Waals surface area contributed by atoms with Crippen molar-refractivity contribution in [1.82, 2.24) is 9.47 Å². The van der Waals surface area contributed by atoms with Gasteiger partial charge in [-0.1, -0.05) is 23.7 Å². The quantitative estimate of drug-likeness (QED) is 0.613. The molecule has 3 heterocycles. The molecule has 1 aromatic carbocycles. The first-order chi connectivity index (χ1) is 12.6. The van der Waals surface area contributed by atoms with E-state index in [0.717, 1.165) is 56.0 Å². The number of benzene rings is 1. The van der Waals surface area contributed by atoms with Gasteiger partial charge in [0.25, 0.3) is 0 Å². The number of hydrogen-bond donors (Lipinski definition) is 0. The molecule has 3 aromatic rings. The zero-order valence-electron chi connectivity index (χ0n) is 14.7. The van der Waals surface area contributed by atoms with Crippen molar-refractivity contribution in [3.8, 4) is 0 Å². The predicted octanol–water partition coefficient (Wildman–Crippen LogP) is 4.23. The van der Waals surface area contributed by atoms with Gasteiger partial charge in [0.15, 0.2) is 5.78 Å². The van der Waals surface area contributed by atoms with Crippen molar-refractivity contribution in [3.63, 3.8) is 0 Å². The molecule has 0 radical (unpaired) electrons. The summed E-state index contributed by atoms with van der Waals surface area (Å²) in [5, 5.41) is 3.69. The molecule has 0 aliphatic carbocycles. The van der Waals surface area contributed by atoms with Gasteiger partial charge in [0, 0.05) is 47.8 Å². The lowest BCUT2D eigenvalue weighted by Crippen LogP contribution is -2.38. The van der Waals surface area contributed by atoms with Crippen LogP contribution in [0.15, 0.2) is 35.7 Å². The number of ketones is 1. The van der Waals surface area contributed by atoms with Crippen LogP contribution in [-0.4, -0.2) is 48.1 Å². The molecule has 136 valence electrons. The summed E-state index contributed by atoms with van der Waals surface area (Å²) in [6.07, 6.45) is 0. The molecule has 26 heavy (non-hydrogen) atoms. The molecule has 0 unspecified atom stereocenters. The van der Waals surface area contributed by atoms with E-state index in [4.69, 9.17) is 16.3 Å². The number of nitrogens with zero attached hydrogens (tertiary/aromatic N) is 2. The van der Waals surface area contributed by atoms with E-state index in [9.17, 15) is 4.79 Å². The lowest BCUT2D eigenvalue weighted by molar-refractivity contribution is 0.0365. The van der Waals surface area contributed by atoms with Crippen LogP contribution < -0.4 is 0 Å².